The van der Waals surface area contributed by atoms with Gasteiger partial charge in [0.25, 0.3) is 5.91 Å². The summed E-state index contributed by atoms with van der Waals surface area (Å²) in [6.45, 7) is 2.02. The van der Waals surface area contributed by atoms with Crippen LogP contribution in [0.1, 0.15) is 27.9 Å². The van der Waals surface area contributed by atoms with Crippen LogP contribution in [0.25, 0.3) is 11.0 Å². The molecule has 0 aliphatic heterocycles. The van der Waals surface area contributed by atoms with Gasteiger partial charge < -0.3 is 14.2 Å². The number of anilines is 2. The second kappa shape index (κ2) is 10.6. The zero-order valence-electron chi connectivity index (χ0n) is 19.4. The van der Waals surface area contributed by atoms with E-state index >= 15 is 0 Å². The third-order valence-corrected chi connectivity index (χ3v) is 5.66. The molecule has 0 spiro atoms. The molecule has 0 saturated heterocycles. The predicted molar refractivity (Wildman–Crippen MR) is 134 cm³/mol. The Balaban J connectivity index is 1.60. The molecule has 4 rings (SSSR count). The molecule has 0 aliphatic carbocycles. The number of hydrogen-bond acceptors (Lipinski definition) is 5. The van der Waals surface area contributed by atoms with E-state index in [0.29, 0.717) is 30.2 Å². The first-order valence-corrected chi connectivity index (χ1v) is 11.1. The number of nitriles is 1. The van der Waals surface area contributed by atoms with Crippen LogP contribution < -0.4 is 10.2 Å². The SMILES string of the molecule is COCCCn1c(NC(=O)c2ccc(C#N)cc2)nc2cc(CN(C)c3ccccc3)ccc21. The van der Waals surface area contributed by atoms with E-state index in [1.807, 2.05) is 22.8 Å². The zero-order chi connectivity index (χ0) is 23.9. The van der Waals surface area contributed by atoms with Gasteiger partial charge in [0.2, 0.25) is 5.95 Å². The number of aromatic nitrogens is 2. The lowest BCUT2D eigenvalue weighted by molar-refractivity contribution is 0.102. The van der Waals surface area contributed by atoms with Crippen molar-refractivity contribution in [2.24, 2.45) is 0 Å². The van der Waals surface area contributed by atoms with Gasteiger partial charge in [-0.1, -0.05) is 24.3 Å². The molecule has 0 unspecified atom stereocenters. The van der Waals surface area contributed by atoms with Gasteiger partial charge in [0.1, 0.15) is 0 Å². The highest BCUT2D eigenvalue weighted by Crippen LogP contribution is 2.24. The van der Waals surface area contributed by atoms with Crippen molar-refractivity contribution in [3.8, 4) is 6.07 Å². The van der Waals surface area contributed by atoms with Gasteiger partial charge in [0.15, 0.2) is 0 Å². The van der Waals surface area contributed by atoms with Gasteiger partial charge in [-0.3, -0.25) is 10.1 Å². The number of imidazole rings is 1. The molecule has 1 aromatic heterocycles. The number of nitrogens with one attached hydrogen (secondary N) is 1. The van der Waals surface area contributed by atoms with Crippen molar-refractivity contribution in [2.75, 3.05) is 31.0 Å². The molecule has 0 fully saturated rings. The minimum absolute atomic E-state index is 0.267. The first-order chi connectivity index (χ1) is 16.6. The molecule has 34 heavy (non-hydrogen) atoms. The Labute approximate surface area is 199 Å². The van der Waals surface area contributed by atoms with E-state index in [1.54, 1.807) is 31.4 Å². The molecule has 1 N–H and O–H groups in total. The highest BCUT2D eigenvalue weighted by molar-refractivity contribution is 6.04. The minimum Gasteiger partial charge on any atom is -0.385 e. The molecular weight excluding hydrogens is 426 g/mol. The van der Waals surface area contributed by atoms with Crippen molar-refractivity contribution < 1.29 is 9.53 Å². The fourth-order valence-electron chi connectivity index (χ4n) is 3.88. The van der Waals surface area contributed by atoms with Gasteiger partial charge in [0.05, 0.1) is 22.7 Å². The number of para-hydroxylation sites is 1. The van der Waals surface area contributed by atoms with Crippen molar-refractivity contribution in [2.45, 2.75) is 19.5 Å². The molecule has 0 aliphatic rings. The maximum Gasteiger partial charge on any atom is 0.257 e. The fraction of sp³-hybridized carbons (Fsp3) is 0.222. The van der Waals surface area contributed by atoms with Crippen LogP contribution in [-0.4, -0.2) is 36.2 Å². The number of carbonyl (C=O) groups excluding carboxylic acids is 1. The number of methoxy groups -OCH3 is 1. The van der Waals surface area contributed by atoms with Crippen molar-refractivity contribution in [1.82, 2.24) is 9.55 Å². The Morgan fingerprint density at radius 1 is 1.12 bits per heavy atom. The maximum atomic E-state index is 12.9. The summed E-state index contributed by atoms with van der Waals surface area (Å²) in [5, 5.41) is 11.9. The number of carbonyl (C=O) groups is 1. The number of fused-ring (bicyclic) bond motifs is 1. The number of amides is 1. The Kier molecular flexibility index (Phi) is 7.21. The zero-order valence-corrected chi connectivity index (χ0v) is 19.4. The Hall–Kier alpha value is -4.15. The summed E-state index contributed by atoms with van der Waals surface area (Å²) in [5.74, 6) is 0.228. The molecule has 3 aromatic carbocycles. The number of ether oxygens (including phenoxy) is 1. The average molecular weight is 454 g/mol. The van der Waals surface area contributed by atoms with E-state index in [1.165, 1.54) is 0 Å². The number of aryl methyl sites for hydroxylation is 1. The second-order valence-corrected chi connectivity index (χ2v) is 8.09. The Bertz CT molecular complexity index is 1310. The molecule has 1 amide bonds. The van der Waals surface area contributed by atoms with Crippen LogP contribution in [0, 0.1) is 11.3 Å². The largest absolute Gasteiger partial charge is 0.385 e. The average Bonchev–Trinajstić information content (AvgIpc) is 3.20. The lowest BCUT2D eigenvalue weighted by Crippen LogP contribution is -2.16. The van der Waals surface area contributed by atoms with Crippen LogP contribution in [-0.2, 0) is 17.8 Å². The van der Waals surface area contributed by atoms with Gasteiger partial charge in [-0.15, -0.1) is 0 Å². The molecule has 0 atom stereocenters. The predicted octanol–water partition coefficient (Wildman–Crippen LogP) is 4.83. The second-order valence-electron chi connectivity index (χ2n) is 8.09. The van der Waals surface area contributed by atoms with Crippen LogP contribution in [0.2, 0.25) is 0 Å². The van der Waals surface area contributed by atoms with Gasteiger partial charge in [-0.2, -0.15) is 5.26 Å². The number of nitrogens with zero attached hydrogens (tertiary/aromatic N) is 4. The lowest BCUT2D eigenvalue weighted by Gasteiger charge is -2.19. The molecular formula is C27H27N5O2. The third-order valence-electron chi connectivity index (χ3n) is 5.66. The number of rotatable bonds is 9. The minimum atomic E-state index is -0.267. The summed E-state index contributed by atoms with van der Waals surface area (Å²) in [5.41, 5.74) is 5.04. The van der Waals surface area contributed by atoms with Crippen LogP contribution in [0.4, 0.5) is 11.6 Å². The standard InChI is InChI=1S/C27H27N5O2/c1-31(23-7-4-3-5-8-23)19-21-11-14-25-24(17-21)29-27(32(25)15-6-16-34-2)30-26(33)22-12-9-20(18-28)10-13-22/h3-5,7-14,17H,6,15-16,19H2,1-2H3,(H,29,30,33). The van der Waals surface area contributed by atoms with Gasteiger partial charge in [-0.05, 0) is 60.5 Å². The summed E-state index contributed by atoms with van der Waals surface area (Å²) >= 11 is 0. The Morgan fingerprint density at radius 3 is 2.59 bits per heavy atom. The summed E-state index contributed by atoms with van der Waals surface area (Å²) < 4.78 is 7.23. The molecule has 7 heteroatoms. The summed E-state index contributed by atoms with van der Waals surface area (Å²) in [6, 6.07) is 25.1. The molecule has 0 saturated carbocycles. The van der Waals surface area contributed by atoms with Crippen LogP contribution >= 0.6 is 0 Å². The molecule has 7 nitrogen and oxygen atoms in total. The number of hydrogen-bond donors (Lipinski definition) is 1. The third kappa shape index (κ3) is 5.25. The van der Waals surface area contributed by atoms with E-state index in [9.17, 15) is 4.79 Å². The van der Waals surface area contributed by atoms with Gasteiger partial charge in [0, 0.05) is 45.1 Å². The van der Waals surface area contributed by atoms with E-state index in [2.05, 4.69) is 53.7 Å². The van der Waals surface area contributed by atoms with Gasteiger partial charge >= 0.3 is 0 Å². The molecule has 172 valence electrons. The lowest BCUT2D eigenvalue weighted by atomic mass is 10.1. The molecule has 4 aromatic rings. The van der Waals surface area contributed by atoms with E-state index in [4.69, 9.17) is 15.0 Å². The first-order valence-electron chi connectivity index (χ1n) is 11.1. The van der Waals surface area contributed by atoms with E-state index in [-0.39, 0.29) is 5.91 Å². The topological polar surface area (TPSA) is 83.2 Å². The molecule has 0 bridgehead atoms. The highest BCUT2D eigenvalue weighted by Gasteiger charge is 2.15. The van der Waals surface area contributed by atoms with E-state index < -0.39 is 0 Å². The Morgan fingerprint density at radius 2 is 1.88 bits per heavy atom. The van der Waals surface area contributed by atoms with Crippen LogP contribution in [0.3, 0.4) is 0 Å². The molecule has 0 radical (unpaired) electrons. The quantitative estimate of drug-likeness (QED) is 0.367. The molecule has 1 heterocycles. The van der Waals surface area contributed by atoms with Crippen LogP contribution in [0.5, 0.6) is 0 Å². The van der Waals surface area contributed by atoms with Crippen molar-refractivity contribution >= 4 is 28.6 Å². The highest BCUT2D eigenvalue weighted by atomic mass is 16.5. The monoisotopic (exact) mass is 453 g/mol. The van der Waals surface area contributed by atoms with Crippen molar-refractivity contribution in [3.05, 3.63) is 89.5 Å². The van der Waals surface area contributed by atoms with Gasteiger partial charge in [-0.25, -0.2) is 4.98 Å². The summed E-state index contributed by atoms with van der Waals surface area (Å²) in [6.07, 6.45) is 0.792. The van der Waals surface area contributed by atoms with Crippen LogP contribution in [0.15, 0.2) is 72.8 Å². The summed E-state index contributed by atoms with van der Waals surface area (Å²) in [7, 11) is 3.74. The fourth-order valence-corrected chi connectivity index (χ4v) is 3.88. The van der Waals surface area contributed by atoms with Crippen molar-refractivity contribution in [3.63, 3.8) is 0 Å². The normalized spacial score (nSPS) is 10.7. The number of benzene rings is 3. The summed E-state index contributed by atoms with van der Waals surface area (Å²) in [4.78, 5) is 19.8. The smallest absolute Gasteiger partial charge is 0.257 e. The maximum absolute atomic E-state index is 12.9. The van der Waals surface area contributed by atoms with E-state index in [0.717, 1.165) is 35.2 Å². The van der Waals surface area contributed by atoms with Crippen molar-refractivity contribution in [1.29, 1.82) is 5.26 Å². The first kappa shape index (κ1) is 23.0.